The summed E-state index contributed by atoms with van der Waals surface area (Å²) in [5.41, 5.74) is 4.15. The summed E-state index contributed by atoms with van der Waals surface area (Å²) in [6.07, 6.45) is 1.69. The van der Waals surface area contributed by atoms with Crippen LogP contribution in [0.15, 0.2) is 6.20 Å². The number of aromatic nitrogens is 1. The Balaban J connectivity index is 3.46. The van der Waals surface area contributed by atoms with Gasteiger partial charge in [-0.15, -0.1) is 0 Å². The van der Waals surface area contributed by atoms with E-state index in [4.69, 9.17) is 5.26 Å². The lowest BCUT2D eigenvalue weighted by Crippen LogP contribution is -2.06. The van der Waals surface area contributed by atoms with Gasteiger partial charge in [-0.25, -0.2) is 0 Å². The topological polar surface area (TPSA) is 36.7 Å². The van der Waals surface area contributed by atoms with Gasteiger partial charge in [0.05, 0.1) is 5.56 Å². The molecular weight excluding hydrogens is 184 g/mol. The molecule has 0 spiro atoms. The Bertz CT molecular complexity index is 398. The molecule has 0 aliphatic rings. The third-order valence-corrected chi connectivity index (χ3v) is 2.66. The molecule has 0 bridgehead atoms. The number of nitriles is 1. The molecular formula is C13H18N2. The second-order valence-electron chi connectivity index (χ2n) is 4.52. The highest BCUT2D eigenvalue weighted by atomic mass is 14.7. The summed E-state index contributed by atoms with van der Waals surface area (Å²) in [4.78, 5) is 4.41. The highest BCUT2D eigenvalue weighted by Crippen LogP contribution is 2.28. The van der Waals surface area contributed by atoms with Crippen LogP contribution in [0.3, 0.4) is 0 Å². The highest BCUT2D eigenvalue weighted by molar-refractivity contribution is 5.44. The number of hydrogen-bond acceptors (Lipinski definition) is 2. The Labute approximate surface area is 92.0 Å². The molecule has 0 aromatic carbocycles. The summed E-state index contributed by atoms with van der Waals surface area (Å²) in [6.45, 7) is 10.6. The van der Waals surface area contributed by atoms with Crippen molar-refractivity contribution in [2.45, 2.75) is 46.5 Å². The van der Waals surface area contributed by atoms with Crippen molar-refractivity contribution in [3.05, 3.63) is 28.6 Å². The van der Waals surface area contributed by atoms with Crippen molar-refractivity contribution in [2.24, 2.45) is 0 Å². The number of hydrogen-bond donors (Lipinski definition) is 0. The van der Waals surface area contributed by atoms with Gasteiger partial charge in [0.2, 0.25) is 0 Å². The molecule has 1 rings (SSSR count). The van der Waals surface area contributed by atoms with Gasteiger partial charge >= 0.3 is 0 Å². The predicted molar refractivity (Wildman–Crippen MR) is 61.9 cm³/mol. The molecule has 2 nitrogen and oxygen atoms in total. The summed E-state index contributed by atoms with van der Waals surface area (Å²) in [7, 11) is 0. The van der Waals surface area contributed by atoms with E-state index in [1.807, 2.05) is 6.92 Å². The summed E-state index contributed by atoms with van der Waals surface area (Å²) in [5, 5.41) is 8.96. The third-order valence-electron chi connectivity index (χ3n) is 2.66. The first-order valence-electron chi connectivity index (χ1n) is 5.38. The number of nitrogens with zero attached hydrogens (tertiary/aromatic N) is 2. The fraction of sp³-hybridized carbons (Fsp3) is 0.538. The van der Waals surface area contributed by atoms with E-state index in [1.54, 1.807) is 6.20 Å². The number of rotatable bonds is 2. The minimum atomic E-state index is 0.411. The van der Waals surface area contributed by atoms with E-state index in [-0.39, 0.29) is 0 Å². The van der Waals surface area contributed by atoms with Crippen LogP contribution in [-0.2, 0) is 0 Å². The number of pyridine rings is 1. The molecule has 0 aliphatic carbocycles. The molecule has 1 aromatic heterocycles. The lowest BCUT2D eigenvalue weighted by Gasteiger charge is -2.18. The maximum absolute atomic E-state index is 8.96. The maximum atomic E-state index is 8.96. The zero-order valence-electron chi connectivity index (χ0n) is 10.1. The smallest absolute Gasteiger partial charge is 0.101 e. The van der Waals surface area contributed by atoms with Gasteiger partial charge in [0.25, 0.3) is 0 Å². The average Bonchev–Trinajstić information content (AvgIpc) is 2.16. The zero-order chi connectivity index (χ0) is 11.6. The molecule has 1 heterocycles. The fourth-order valence-electron chi connectivity index (χ4n) is 1.94. The molecule has 0 amide bonds. The Hall–Kier alpha value is -1.36. The van der Waals surface area contributed by atoms with Crippen molar-refractivity contribution >= 4 is 0 Å². The van der Waals surface area contributed by atoms with Crippen molar-refractivity contribution in [2.75, 3.05) is 0 Å². The average molecular weight is 202 g/mol. The van der Waals surface area contributed by atoms with Crippen LogP contribution in [0, 0.1) is 18.3 Å². The Morgan fingerprint density at radius 2 is 1.80 bits per heavy atom. The minimum Gasteiger partial charge on any atom is -0.259 e. The molecule has 0 N–H and O–H groups in total. The van der Waals surface area contributed by atoms with Crippen LogP contribution in [0.4, 0.5) is 0 Å². The monoisotopic (exact) mass is 202 g/mol. The van der Waals surface area contributed by atoms with E-state index in [0.29, 0.717) is 17.4 Å². The van der Waals surface area contributed by atoms with E-state index in [9.17, 15) is 0 Å². The van der Waals surface area contributed by atoms with E-state index >= 15 is 0 Å². The Morgan fingerprint density at radius 3 is 2.20 bits per heavy atom. The van der Waals surface area contributed by atoms with Gasteiger partial charge in [-0.3, -0.25) is 4.98 Å². The van der Waals surface area contributed by atoms with Gasteiger partial charge < -0.3 is 0 Å². The van der Waals surface area contributed by atoms with Crippen molar-refractivity contribution in [3.63, 3.8) is 0 Å². The summed E-state index contributed by atoms with van der Waals surface area (Å²) in [5.74, 6) is 0.831. The van der Waals surface area contributed by atoms with Crippen LogP contribution in [0.25, 0.3) is 0 Å². The molecule has 0 fully saturated rings. The first-order valence-corrected chi connectivity index (χ1v) is 5.38. The van der Waals surface area contributed by atoms with E-state index in [0.717, 1.165) is 11.3 Å². The van der Waals surface area contributed by atoms with Gasteiger partial charge in [0.1, 0.15) is 6.07 Å². The fourth-order valence-corrected chi connectivity index (χ4v) is 1.94. The van der Waals surface area contributed by atoms with Crippen molar-refractivity contribution in [3.8, 4) is 6.07 Å². The largest absolute Gasteiger partial charge is 0.259 e. The van der Waals surface area contributed by atoms with Crippen LogP contribution < -0.4 is 0 Å². The normalized spacial score (nSPS) is 10.8. The third kappa shape index (κ3) is 2.18. The van der Waals surface area contributed by atoms with Gasteiger partial charge in [-0.1, -0.05) is 27.7 Å². The van der Waals surface area contributed by atoms with Gasteiger partial charge in [-0.2, -0.15) is 5.26 Å². The molecule has 0 saturated carbocycles. The Morgan fingerprint density at radius 1 is 1.20 bits per heavy atom. The van der Waals surface area contributed by atoms with E-state index < -0.39 is 0 Å². The second-order valence-corrected chi connectivity index (χ2v) is 4.52. The molecule has 80 valence electrons. The van der Waals surface area contributed by atoms with Crippen LogP contribution >= 0.6 is 0 Å². The molecule has 1 aromatic rings. The van der Waals surface area contributed by atoms with Crippen molar-refractivity contribution in [1.82, 2.24) is 4.98 Å². The van der Waals surface area contributed by atoms with E-state index in [2.05, 4.69) is 38.7 Å². The van der Waals surface area contributed by atoms with Crippen LogP contribution in [0.5, 0.6) is 0 Å². The van der Waals surface area contributed by atoms with Crippen molar-refractivity contribution < 1.29 is 0 Å². The molecule has 0 unspecified atom stereocenters. The van der Waals surface area contributed by atoms with Crippen molar-refractivity contribution in [1.29, 1.82) is 5.26 Å². The summed E-state index contributed by atoms with van der Waals surface area (Å²) >= 11 is 0. The van der Waals surface area contributed by atoms with Crippen LogP contribution in [-0.4, -0.2) is 4.98 Å². The molecule has 15 heavy (non-hydrogen) atoms. The first kappa shape index (κ1) is 11.7. The quantitative estimate of drug-likeness (QED) is 0.735. The lowest BCUT2D eigenvalue weighted by atomic mass is 9.90. The minimum absolute atomic E-state index is 0.411. The SMILES string of the molecule is Cc1c(C#N)cnc(C(C)C)c1C(C)C. The second kappa shape index (κ2) is 4.44. The van der Waals surface area contributed by atoms with Crippen LogP contribution in [0.2, 0.25) is 0 Å². The standard InChI is InChI=1S/C13H18N2/c1-8(2)12-10(5)11(6-14)7-15-13(12)9(3)4/h7-9H,1-5H3. The van der Waals surface area contributed by atoms with E-state index in [1.165, 1.54) is 5.56 Å². The Kier molecular flexibility index (Phi) is 3.47. The van der Waals surface area contributed by atoms with Gasteiger partial charge in [0.15, 0.2) is 0 Å². The molecule has 0 saturated heterocycles. The summed E-state index contributed by atoms with van der Waals surface area (Å²) in [6, 6.07) is 2.19. The molecule has 0 radical (unpaired) electrons. The van der Waals surface area contributed by atoms with Gasteiger partial charge in [0, 0.05) is 11.9 Å². The lowest BCUT2D eigenvalue weighted by molar-refractivity contribution is 0.749. The molecule has 2 heteroatoms. The predicted octanol–water partition coefficient (Wildman–Crippen LogP) is 3.51. The van der Waals surface area contributed by atoms with Gasteiger partial charge in [-0.05, 0) is 29.9 Å². The van der Waals surface area contributed by atoms with Crippen LogP contribution in [0.1, 0.15) is 61.9 Å². The highest BCUT2D eigenvalue weighted by Gasteiger charge is 2.16. The summed E-state index contributed by atoms with van der Waals surface area (Å²) < 4.78 is 0. The zero-order valence-corrected chi connectivity index (χ0v) is 10.1. The molecule has 0 aliphatic heterocycles. The maximum Gasteiger partial charge on any atom is 0.101 e. The molecule has 0 atom stereocenters. The first-order chi connectivity index (χ1) is 6.99.